The zero-order valence-electron chi connectivity index (χ0n) is 13.0. The molecule has 118 valence electrons. The quantitative estimate of drug-likeness (QED) is 0.768. The van der Waals surface area contributed by atoms with E-state index in [0.29, 0.717) is 5.56 Å². The molecule has 0 unspecified atom stereocenters. The Balaban J connectivity index is 1.58. The molecule has 3 aromatic heterocycles. The summed E-state index contributed by atoms with van der Waals surface area (Å²) in [7, 11) is 0. The van der Waals surface area contributed by atoms with Crippen molar-refractivity contribution in [2.45, 2.75) is 19.9 Å². The molecule has 0 aliphatic carbocycles. The molecule has 3 aromatic rings. The van der Waals surface area contributed by atoms with E-state index in [1.165, 1.54) is 6.20 Å². The lowest BCUT2D eigenvalue weighted by molar-refractivity contribution is 0.1000. The number of hydrogen-bond donors (Lipinski definition) is 1. The van der Waals surface area contributed by atoms with Crippen LogP contribution in [0.2, 0.25) is 0 Å². The molecule has 8 heteroatoms. The molecule has 1 aliphatic rings. The second-order valence-electron chi connectivity index (χ2n) is 5.94. The van der Waals surface area contributed by atoms with Gasteiger partial charge in [-0.1, -0.05) is 0 Å². The van der Waals surface area contributed by atoms with Gasteiger partial charge in [-0.3, -0.25) is 9.48 Å². The molecule has 4 rings (SSSR count). The van der Waals surface area contributed by atoms with Crippen LogP contribution in [0.4, 0.5) is 5.82 Å². The van der Waals surface area contributed by atoms with Crippen LogP contribution in [-0.4, -0.2) is 43.4 Å². The van der Waals surface area contributed by atoms with Crippen LogP contribution in [0.3, 0.4) is 0 Å². The Morgan fingerprint density at radius 1 is 1.26 bits per heavy atom. The number of carbonyl (C=O) groups excluding carboxylic acids is 1. The molecule has 0 bridgehead atoms. The Kier molecular flexibility index (Phi) is 2.87. The Morgan fingerprint density at radius 2 is 2.04 bits per heavy atom. The first-order chi connectivity index (χ1) is 11.0. The molecule has 1 fully saturated rings. The molecule has 8 nitrogen and oxygen atoms in total. The molecular weight excluding hydrogens is 294 g/mol. The van der Waals surface area contributed by atoms with Crippen LogP contribution in [0.1, 0.15) is 27.8 Å². The van der Waals surface area contributed by atoms with E-state index in [-0.39, 0.29) is 6.04 Å². The Morgan fingerprint density at radius 3 is 2.74 bits per heavy atom. The van der Waals surface area contributed by atoms with Crippen molar-refractivity contribution in [1.82, 2.24) is 24.4 Å². The highest BCUT2D eigenvalue weighted by atomic mass is 16.1. The van der Waals surface area contributed by atoms with Crippen molar-refractivity contribution in [3.8, 4) is 0 Å². The van der Waals surface area contributed by atoms with Gasteiger partial charge in [-0.05, 0) is 13.8 Å². The number of aromatic nitrogens is 5. The number of anilines is 1. The van der Waals surface area contributed by atoms with E-state index in [4.69, 9.17) is 5.73 Å². The maximum atomic E-state index is 11.2. The number of hydrogen-bond acceptors (Lipinski definition) is 5. The van der Waals surface area contributed by atoms with E-state index in [0.717, 1.165) is 35.9 Å². The summed E-state index contributed by atoms with van der Waals surface area (Å²) >= 11 is 0. The predicted molar refractivity (Wildman–Crippen MR) is 84.5 cm³/mol. The number of nitrogens with two attached hydrogens (primary N) is 1. The van der Waals surface area contributed by atoms with Gasteiger partial charge in [0.25, 0.3) is 5.91 Å². The van der Waals surface area contributed by atoms with Gasteiger partial charge < -0.3 is 10.6 Å². The van der Waals surface area contributed by atoms with Crippen LogP contribution in [0, 0.1) is 13.8 Å². The molecule has 2 N–H and O–H groups in total. The van der Waals surface area contributed by atoms with Crippen LogP contribution in [0.15, 0.2) is 24.5 Å². The number of fused-ring (bicyclic) bond motifs is 1. The number of primary amides is 1. The minimum Gasteiger partial charge on any atom is -0.366 e. The molecule has 1 saturated heterocycles. The number of aryl methyl sites for hydroxylation is 2. The SMILES string of the molecule is Cc1cc(N2CC(n3cc(C(N)=O)cn3)C2)n2nc(C)cc2n1. The van der Waals surface area contributed by atoms with Gasteiger partial charge in [0.05, 0.1) is 23.5 Å². The fourth-order valence-electron chi connectivity index (χ4n) is 2.89. The van der Waals surface area contributed by atoms with Gasteiger partial charge in [0.15, 0.2) is 5.65 Å². The fraction of sp³-hybridized carbons (Fsp3) is 0.333. The van der Waals surface area contributed by atoms with Crippen molar-refractivity contribution >= 4 is 17.4 Å². The summed E-state index contributed by atoms with van der Waals surface area (Å²) < 4.78 is 3.67. The molecule has 1 amide bonds. The lowest BCUT2D eigenvalue weighted by Gasteiger charge is -2.40. The van der Waals surface area contributed by atoms with Gasteiger partial charge in [-0.25, -0.2) is 4.98 Å². The summed E-state index contributed by atoms with van der Waals surface area (Å²) in [5, 5.41) is 8.74. The number of nitrogens with zero attached hydrogens (tertiary/aromatic N) is 6. The van der Waals surface area contributed by atoms with Crippen LogP contribution in [0.25, 0.3) is 5.65 Å². The minimum absolute atomic E-state index is 0.225. The van der Waals surface area contributed by atoms with Crippen molar-refractivity contribution in [1.29, 1.82) is 0 Å². The second kappa shape index (κ2) is 4.80. The average Bonchev–Trinajstić information content (AvgIpc) is 3.03. The van der Waals surface area contributed by atoms with Crippen LogP contribution in [-0.2, 0) is 0 Å². The summed E-state index contributed by atoms with van der Waals surface area (Å²) in [6.07, 6.45) is 3.21. The van der Waals surface area contributed by atoms with Crippen molar-refractivity contribution in [3.63, 3.8) is 0 Å². The first kappa shape index (κ1) is 13.7. The largest absolute Gasteiger partial charge is 0.366 e. The highest BCUT2D eigenvalue weighted by Crippen LogP contribution is 2.28. The van der Waals surface area contributed by atoms with Gasteiger partial charge in [0, 0.05) is 37.1 Å². The molecular formula is C15H17N7O. The Labute approximate surface area is 132 Å². The van der Waals surface area contributed by atoms with E-state index in [1.54, 1.807) is 10.9 Å². The molecule has 0 spiro atoms. The van der Waals surface area contributed by atoms with Gasteiger partial charge in [-0.15, -0.1) is 0 Å². The van der Waals surface area contributed by atoms with Gasteiger partial charge in [0.2, 0.25) is 0 Å². The average molecular weight is 311 g/mol. The normalized spacial score (nSPS) is 15.1. The zero-order valence-corrected chi connectivity index (χ0v) is 13.0. The first-order valence-electron chi connectivity index (χ1n) is 7.44. The summed E-state index contributed by atoms with van der Waals surface area (Å²) in [6.45, 7) is 5.55. The maximum absolute atomic E-state index is 11.2. The maximum Gasteiger partial charge on any atom is 0.251 e. The van der Waals surface area contributed by atoms with E-state index < -0.39 is 5.91 Å². The lowest BCUT2D eigenvalue weighted by Crippen LogP contribution is -2.48. The predicted octanol–water partition coefficient (Wildman–Crippen LogP) is 0.703. The van der Waals surface area contributed by atoms with Crippen LogP contribution in [0.5, 0.6) is 0 Å². The van der Waals surface area contributed by atoms with Gasteiger partial charge in [-0.2, -0.15) is 14.7 Å². The number of amides is 1. The summed E-state index contributed by atoms with van der Waals surface area (Å²) in [5.74, 6) is 0.574. The molecule has 0 radical (unpaired) electrons. The summed E-state index contributed by atoms with van der Waals surface area (Å²) in [6, 6.07) is 4.23. The lowest BCUT2D eigenvalue weighted by atomic mass is 10.1. The van der Waals surface area contributed by atoms with Gasteiger partial charge >= 0.3 is 0 Å². The van der Waals surface area contributed by atoms with Crippen LogP contribution >= 0.6 is 0 Å². The van der Waals surface area contributed by atoms with E-state index in [1.807, 2.05) is 30.5 Å². The molecule has 0 aromatic carbocycles. The molecule has 1 aliphatic heterocycles. The molecule has 0 atom stereocenters. The van der Waals surface area contributed by atoms with Gasteiger partial charge in [0.1, 0.15) is 5.82 Å². The minimum atomic E-state index is -0.453. The third-order valence-corrected chi connectivity index (χ3v) is 4.11. The van der Waals surface area contributed by atoms with Crippen molar-refractivity contribution < 1.29 is 4.79 Å². The Bertz CT molecular complexity index is 904. The zero-order chi connectivity index (χ0) is 16.1. The van der Waals surface area contributed by atoms with Crippen molar-refractivity contribution in [2.24, 2.45) is 5.73 Å². The molecule has 23 heavy (non-hydrogen) atoms. The third-order valence-electron chi connectivity index (χ3n) is 4.11. The fourth-order valence-corrected chi connectivity index (χ4v) is 2.89. The van der Waals surface area contributed by atoms with Crippen LogP contribution < -0.4 is 10.6 Å². The standard InChI is InChI=1S/C15H17N7O/c1-9-4-14(22-13(18-9)3-10(2)19-22)20-7-12(8-20)21-6-11(5-17-21)15(16)23/h3-6,12H,7-8H2,1-2H3,(H2,16,23). The van der Waals surface area contributed by atoms with Crippen molar-refractivity contribution in [3.05, 3.63) is 41.5 Å². The molecule has 4 heterocycles. The topological polar surface area (TPSA) is 94.3 Å². The number of rotatable bonds is 3. The second-order valence-corrected chi connectivity index (χ2v) is 5.94. The highest BCUT2D eigenvalue weighted by Gasteiger charge is 2.31. The summed E-state index contributed by atoms with van der Waals surface area (Å²) in [4.78, 5) is 17.9. The Hall–Kier alpha value is -2.90. The smallest absolute Gasteiger partial charge is 0.251 e. The third kappa shape index (κ3) is 2.23. The van der Waals surface area contributed by atoms with Crippen molar-refractivity contribution in [2.75, 3.05) is 18.0 Å². The monoisotopic (exact) mass is 311 g/mol. The van der Waals surface area contributed by atoms with E-state index >= 15 is 0 Å². The number of carbonyl (C=O) groups is 1. The van der Waals surface area contributed by atoms with E-state index in [9.17, 15) is 4.79 Å². The van der Waals surface area contributed by atoms with E-state index in [2.05, 4.69) is 20.1 Å². The summed E-state index contributed by atoms with van der Waals surface area (Å²) in [5.41, 5.74) is 8.47. The molecule has 0 saturated carbocycles. The highest BCUT2D eigenvalue weighted by molar-refractivity contribution is 5.92. The first-order valence-corrected chi connectivity index (χ1v) is 7.44.